The summed E-state index contributed by atoms with van der Waals surface area (Å²) in [6.45, 7) is 2.52. The molecule has 0 saturated carbocycles. The summed E-state index contributed by atoms with van der Waals surface area (Å²) < 4.78 is 10.7. The summed E-state index contributed by atoms with van der Waals surface area (Å²) in [7, 11) is 3.46. The van der Waals surface area contributed by atoms with Gasteiger partial charge in [-0.1, -0.05) is 12.1 Å². The van der Waals surface area contributed by atoms with Gasteiger partial charge in [0.25, 0.3) is 0 Å². The van der Waals surface area contributed by atoms with Crippen molar-refractivity contribution < 1.29 is 14.3 Å². The Morgan fingerprint density at radius 2 is 2.38 bits per heavy atom. The van der Waals surface area contributed by atoms with Crippen LogP contribution in [0.3, 0.4) is 0 Å². The molecule has 1 unspecified atom stereocenters. The Balaban J connectivity index is 1.73. The lowest BCUT2D eigenvalue weighted by Crippen LogP contribution is -2.38. The average molecular weight is 292 g/mol. The number of ether oxygens (including phenoxy) is 2. The standard InChI is InChI=1S/C16H24N2O3/c1-18(12-13-5-3-6-14(9-13)20-2)16(19)11-17-10-15-7-4-8-21-15/h3,5-6,9,15,17H,4,7-8,10-12H2,1-2H3. The third-order valence-electron chi connectivity index (χ3n) is 3.65. The Morgan fingerprint density at radius 1 is 1.52 bits per heavy atom. The van der Waals surface area contributed by atoms with Gasteiger partial charge in [0, 0.05) is 26.7 Å². The molecule has 0 aromatic heterocycles. The van der Waals surface area contributed by atoms with Crippen LogP contribution < -0.4 is 10.1 Å². The zero-order valence-electron chi connectivity index (χ0n) is 12.8. The van der Waals surface area contributed by atoms with Gasteiger partial charge in [-0.2, -0.15) is 0 Å². The molecule has 0 spiro atoms. The molecule has 116 valence electrons. The Kier molecular flexibility index (Phi) is 6.02. The van der Waals surface area contributed by atoms with E-state index in [9.17, 15) is 4.79 Å². The normalized spacial score (nSPS) is 17.7. The van der Waals surface area contributed by atoms with Crippen molar-refractivity contribution in [1.82, 2.24) is 10.2 Å². The quantitative estimate of drug-likeness (QED) is 0.826. The zero-order valence-corrected chi connectivity index (χ0v) is 12.8. The van der Waals surface area contributed by atoms with Crippen molar-refractivity contribution in [2.24, 2.45) is 0 Å². The molecule has 0 aliphatic carbocycles. The number of hydrogen-bond donors (Lipinski definition) is 1. The third-order valence-corrected chi connectivity index (χ3v) is 3.65. The van der Waals surface area contributed by atoms with E-state index in [1.165, 1.54) is 0 Å². The van der Waals surface area contributed by atoms with Gasteiger partial charge in [-0.3, -0.25) is 4.79 Å². The highest BCUT2D eigenvalue weighted by molar-refractivity contribution is 5.77. The van der Waals surface area contributed by atoms with Crippen LogP contribution in [-0.4, -0.2) is 50.8 Å². The molecule has 1 aromatic rings. The summed E-state index contributed by atoms with van der Waals surface area (Å²) in [5.41, 5.74) is 1.06. The Labute approximate surface area is 126 Å². The maximum atomic E-state index is 12.1. The fourth-order valence-electron chi connectivity index (χ4n) is 2.41. The van der Waals surface area contributed by atoms with E-state index in [-0.39, 0.29) is 12.0 Å². The van der Waals surface area contributed by atoms with Gasteiger partial charge < -0.3 is 19.7 Å². The molecule has 1 amide bonds. The number of amides is 1. The number of carbonyl (C=O) groups excluding carboxylic acids is 1. The number of rotatable bonds is 7. The minimum absolute atomic E-state index is 0.0795. The van der Waals surface area contributed by atoms with Crippen LogP contribution in [0.25, 0.3) is 0 Å². The number of nitrogens with one attached hydrogen (secondary N) is 1. The largest absolute Gasteiger partial charge is 0.497 e. The van der Waals surface area contributed by atoms with Crippen molar-refractivity contribution in [3.05, 3.63) is 29.8 Å². The van der Waals surface area contributed by atoms with E-state index in [0.29, 0.717) is 13.1 Å². The van der Waals surface area contributed by atoms with E-state index in [4.69, 9.17) is 9.47 Å². The van der Waals surface area contributed by atoms with Crippen molar-refractivity contribution in [3.8, 4) is 5.75 Å². The van der Waals surface area contributed by atoms with Crippen molar-refractivity contribution >= 4 is 5.91 Å². The second-order valence-electron chi connectivity index (χ2n) is 5.37. The van der Waals surface area contributed by atoms with E-state index in [0.717, 1.165) is 37.3 Å². The Bertz CT molecular complexity index is 459. The van der Waals surface area contributed by atoms with Gasteiger partial charge in [0.2, 0.25) is 5.91 Å². The molecular formula is C16H24N2O3. The highest BCUT2D eigenvalue weighted by Crippen LogP contribution is 2.14. The van der Waals surface area contributed by atoms with Gasteiger partial charge >= 0.3 is 0 Å². The first-order valence-corrected chi connectivity index (χ1v) is 7.38. The molecule has 1 heterocycles. The van der Waals surface area contributed by atoms with Crippen LogP contribution in [0.4, 0.5) is 0 Å². The van der Waals surface area contributed by atoms with Crippen molar-refractivity contribution in [2.45, 2.75) is 25.5 Å². The van der Waals surface area contributed by atoms with E-state index >= 15 is 0 Å². The molecule has 1 aliphatic heterocycles. The summed E-state index contributed by atoms with van der Waals surface area (Å²) in [5.74, 6) is 0.890. The second kappa shape index (κ2) is 8.00. The molecule has 1 aromatic carbocycles. The monoisotopic (exact) mass is 292 g/mol. The maximum absolute atomic E-state index is 12.1. The van der Waals surface area contributed by atoms with Gasteiger partial charge in [-0.05, 0) is 30.5 Å². The molecule has 2 rings (SSSR count). The SMILES string of the molecule is COc1cccc(CN(C)C(=O)CNCC2CCCO2)c1. The number of benzene rings is 1. The van der Waals surface area contributed by atoms with E-state index in [1.807, 2.05) is 31.3 Å². The molecule has 1 aliphatic rings. The molecule has 1 fully saturated rings. The van der Waals surface area contributed by atoms with Crippen LogP contribution >= 0.6 is 0 Å². The third kappa shape index (κ3) is 5.02. The molecule has 5 nitrogen and oxygen atoms in total. The maximum Gasteiger partial charge on any atom is 0.236 e. The lowest BCUT2D eigenvalue weighted by Gasteiger charge is -2.18. The summed E-state index contributed by atoms with van der Waals surface area (Å²) in [4.78, 5) is 13.8. The van der Waals surface area contributed by atoms with Crippen molar-refractivity contribution in [1.29, 1.82) is 0 Å². The molecule has 0 radical (unpaired) electrons. The summed E-state index contributed by atoms with van der Waals surface area (Å²) in [6.07, 6.45) is 2.47. The van der Waals surface area contributed by atoms with E-state index < -0.39 is 0 Å². The highest BCUT2D eigenvalue weighted by atomic mass is 16.5. The van der Waals surface area contributed by atoms with Gasteiger partial charge in [-0.25, -0.2) is 0 Å². The van der Waals surface area contributed by atoms with Crippen LogP contribution in [0.2, 0.25) is 0 Å². The molecule has 5 heteroatoms. The van der Waals surface area contributed by atoms with Gasteiger partial charge in [0.1, 0.15) is 5.75 Å². The van der Waals surface area contributed by atoms with Crippen LogP contribution in [-0.2, 0) is 16.1 Å². The molecular weight excluding hydrogens is 268 g/mol. The molecule has 0 bridgehead atoms. The molecule has 1 atom stereocenters. The predicted molar refractivity (Wildman–Crippen MR) is 81.3 cm³/mol. The predicted octanol–water partition coefficient (Wildman–Crippen LogP) is 1.42. The van der Waals surface area contributed by atoms with Gasteiger partial charge in [0.05, 0.1) is 19.8 Å². The molecule has 1 N–H and O–H groups in total. The van der Waals surface area contributed by atoms with E-state index in [2.05, 4.69) is 5.32 Å². The molecule has 1 saturated heterocycles. The summed E-state index contributed by atoms with van der Waals surface area (Å²) in [5, 5.41) is 3.18. The van der Waals surface area contributed by atoms with Crippen LogP contribution in [0.15, 0.2) is 24.3 Å². The van der Waals surface area contributed by atoms with Crippen LogP contribution in [0.1, 0.15) is 18.4 Å². The number of hydrogen-bond acceptors (Lipinski definition) is 4. The first-order valence-electron chi connectivity index (χ1n) is 7.38. The van der Waals surface area contributed by atoms with Crippen LogP contribution in [0, 0.1) is 0 Å². The minimum Gasteiger partial charge on any atom is -0.497 e. The average Bonchev–Trinajstić information content (AvgIpc) is 3.00. The highest BCUT2D eigenvalue weighted by Gasteiger charge is 2.16. The number of methoxy groups -OCH3 is 1. The zero-order chi connectivity index (χ0) is 15.1. The summed E-state index contributed by atoms with van der Waals surface area (Å²) in [6, 6.07) is 7.77. The lowest BCUT2D eigenvalue weighted by atomic mass is 10.2. The minimum atomic E-state index is 0.0795. The smallest absolute Gasteiger partial charge is 0.236 e. The lowest BCUT2D eigenvalue weighted by molar-refractivity contribution is -0.129. The fraction of sp³-hybridized carbons (Fsp3) is 0.562. The number of nitrogens with zero attached hydrogens (tertiary/aromatic N) is 1. The summed E-state index contributed by atoms with van der Waals surface area (Å²) >= 11 is 0. The first kappa shape index (κ1) is 15.8. The second-order valence-corrected chi connectivity index (χ2v) is 5.37. The van der Waals surface area contributed by atoms with Gasteiger partial charge in [-0.15, -0.1) is 0 Å². The van der Waals surface area contributed by atoms with Crippen molar-refractivity contribution in [2.75, 3.05) is 33.9 Å². The Hall–Kier alpha value is -1.59. The number of carbonyl (C=O) groups is 1. The number of likely N-dealkylation sites (N-methyl/N-ethyl adjacent to an activating group) is 1. The van der Waals surface area contributed by atoms with Gasteiger partial charge in [0.15, 0.2) is 0 Å². The van der Waals surface area contributed by atoms with Crippen molar-refractivity contribution in [3.63, 3.8) is 0 Å². The van der Waals surface area contributed by atoms with E-state index in [1.54, 1.807) is 12.0 Å². The first-order chi connectivity index (χ1) is 10.2. The molecule has 21 heavy (non-hydrogen) atoms. The van der Waals surface area contributed by atoms with Crippen LogP contribution in [0.5, 0.6) is 5.75 Å². The Morgan fingerprint density at radius 3 is 3.10 bits per heavy atom. The topological polar surface area (TPSA) is 50.8 Å². The fourth-order valence-corrected chi connectivity index (χ4v) is 2.41.